The number of aromatic amines is 1. The number of rotatable bonds is 3. The summed E-state index contributed by atoms with van der Waals surface area (Å²) in [4.78, 5) is 37.8. The Morgan fingerprint density at radius 1 is 1.38 bits per heavy atom. The Labute approximate surface area is 151 Å². The minimum atomic E-state index is -0.721. The minimum absolute atomic E-state index is 0.229. The number of carbonyl (C=O) groups is 1. The van der Waals surface area contributed by atoms with Crippen LogP contribution in [0.3, 0.4) is 0 Å². The Bertz CT molecular complexity index is 1210. The molecular formula is C17H15N5O3S. The van der Waals surface area contributed by atoms with Gasteiger partial charge in [-0.3, -0.25) is 4.79 Å². The maximum atomic E-state index is 12.5. The van der Waals surface area contributed by atoms with Crippen LogP contribution >= 0.6 is 11.3 Å². The van der Waals surface area contributed by atoms with E-state index >= 15 is 0 Å². The van der Waals surface area contributed by atoms with Gasteiger partial charge in [0.1, 0.15) is 10.4 Å². The van der Waals surface area contributed by atoms with Crippen molar-refractivity contribution in [3.05, 3.63) is 56.8 Å². The summed E-state index contributed by atoms with van der Waals surface area (Å²) in [5.74, 6) is -0.269. The minimum Gasteiger partial charge on any atom is -0.451 e. The molecule has 4 heterocycles. The van der Waals surface area contributed by atoms with E-state index in [4.69, 9.17) is 4.74 Å². The van der Waals surface area contributed by atoms with Crippen LogP contribution in [0.25, 0.3) is 15.9 Å². The van der Waals surface area contributed by atoms with E-state index in [9.17, 15) is 9.59 Å². The van der Waals surface area contributed by atoms with Crippen molar-refractivity contribution < 1.29 is 9.53 Å². The summed E-state index contributed by atoms with van der Waals surface area (Å²) in [5.41, 5.74) is 1.36. The fourth-order valence-electron chi connectivity index (χ4n) is 2.71. The molecule has 4 aromatic heterocycles. The van der Waals surface area contributed by atoms with Crippen molar-refractivity contribution >= 4 is 33.2 Å². The molecular weight excluding hydrogens is 354 g/mol. The maximum Gasteiger partial charge on any atom is 0.344 e. The van der Waals surface area contributed by atoms with Gasteiger partial charge in [0.15, 0.2) is 17.6 Å². The standard InChI is InChI=1S/C17H15N5O3S/c1-8-10(3)26-16-12(8)15(23)20-13(21-16)9(2)25-17(24)11-7-19-22-6-4-5-18-14(11)22/h4-7,9H,1-3H3,(H,20,21,23). The van der Waals surface area contributed by atoms with E-state index in [1.807, 2.05) is 13.8 Å². The van der Waals surface area contributed by atoms with Gasteiger partial charge in [0.2, 0.25) is 0 Å². The van der Waals surface area contributed by atoms with Gasteiger partial charge in [-0.05, 0) is 32.4 Å². The average molecular weight is 369 g/mol. The molecule has 1 N–H and O–H groups in total. The SMILES string of the molecule is Cc1sc2nc(C(C)OC(=O)c3cnn4cccnc34)[nH]c(=O)c2c1C. The van der Waals surface area contributed by atoms with Gasteiger partial charge in [0.25, 0.3) is 5.56 Å². The Morgan fingerprint density at radius 2 is 2.19 bits per heavy atom. The first-order chi connectivity index (χ1) is 12.5. The molecule has 1 unspecified atom stereocenters. The Kier molecular flexibility index (Phi) is 3.80. The number of ether oxygens (including phenoxy) is 1. The van der Waals surface area contributed by atoms with Crippen LogP contribution in [0.5, 0.6) is 0 Å². The predicted octanol–water partition coefficient (Wildman–Crippen LogP) is 2.56. The van der Waals surface area contributed by atoms with Gasteiger partial charge < -0.3 is 9.72 Å². The van der Waals surface area contributed by atoms with E-state index < -0.39 is 12.1 Å². The first-order valence-electron chi connectivity index (χ1n) is 7.95. The molecule has 0 aliphatic heterocycles. The topological polar surface area (TPSA) is 102 Å². The number of nitrogens with one attached hydrogen (secondary N) is 1. The number of carbonyl (C=O) groups excluding carboxylic acids is 1. The molecule has 4 rings (SSSR count). The van der Waals surface area contributed by atoms with Crippen LogP contribution in [-0.4, -0.2) is 30.5 Å². The quantitative estimate of drug-likeness (QED) is 0.557. The summed E-state index contributed by atoms with van der Waals surface area (Å²) in [6, 6.07) is 1.71. The monoisotopic (exact) mass is 369 g/mol. The summed E-state index contributed by atoms with van der Waals surface area (Å²) in [7, 11) is 0. The van der Waals surface area contributed by atoms with Crippen molar-refractivity contribution in [2.75, 3.05) is 0 Å². The maximum absolute atomic E-state index is 12.5. The summed E-state index contributed by atoms with van der Waals surface area (Å²) in [5, 5.41) is 4.65. The number of hydrogen-bond donors (Lipinski definition) is 1. The molecule has 1 atom stereocenters. The van der Waals surface area contributed by atoms with Crippen LogP contribution < -0.4 is 5.56 Å². The summed E-state index contributed by atoms with van der Waals surface area (Å²) < 4.78 is 6.96. The Morgan fingerprint density at radius 3 is 3.00 bits per heavy atom. The Hall–Kier alpha value is -3.07. The molecule has 0 amide bonds. The molecule has 0 radical (unpaired) electrons. The van der Waals surface area contributed by atoms with E-state index in [1.54, 1.807) is 25.4 Å². The molecule has 8 nitrogen and oxygen atoms in total. The van der Waals surface area contributed by atoms with Crippen molar-refractivity contribution in [3.8, 4) is 0 Å². The molecule has 0 spiro atoms. The third-order valence-electron chi connectivity index (χ3n) is 4.23. The molecule has 0 fully saturated rings. The molecule has 0 saturated carbocycles. The van der Waals surface area contributed by atoms with Crippen LogP contribution in [0.1, 0.15) is 39.7 Å². The van der Waals surface area contributed by atoms with Gasteiger partial charge in [0.05, 0.1) is 11.6 Å². The van der Waals surface area contributed by atoms with Gasteiger partial charge in [-0.25, -0.2) is 19.3 Å². The van der Waals surface area contributed by atoms with Crippen LogP contribution in [0, 0.1) is 13.8 Å². The number of esters is 1. The van der Waals surface area contributed by atoms with E-state index in [0.29, 0.717) is 21.7 Å². The second-order valence-electron chi connectivity index (χ2n) is 5.91. The summed E-state index contributed by atoms with van der Waals surface area (Å²) in [6.07, 6.45) is 3.95. The number of hydrogen-bond acceptors (Lipinski definition) is 7. The van der Waals surface area contributed by atoms with Crippen LogP contribution in [0.2, 0.25) is 0 Å². The number of H-pyrrole nitrogens is 1. The molecule has 9 heteroatoms. The largest absolute Gasteiger partial charge is 0.451 e. The highest BCUT2D eigenvalue weighted by Crippen LogP contribution is 2.27. The lowest BCUT2D eigenvalue weighted by Gasteiger charge is -2.11. The zero-order valence-corrected chi connectivity index (χ0v) is 15.1. The van der Waals surface area contributed by atoms with Gasteiger partial charge in [-0.15, -0.1) is 11.3 Å². The van der Waals surface area contributed by atoms with E-state index in [-0.39, 0.29) is 11.1 Å². The molecule has 0 aromatic carbocycles. The van der Waals surface area contributed by atoms with E-state index in [1.165, 1.54) is 22.0 Å². The summed E-state index contributed by atoms with van der Waals surface area (Å²) >= 11 is 1.45. The van der Waals surface area contributed by atoms with Crippen LogP contribution in [-0.2, 0) is 4.74 Å². The van der Waals surface area contributed by atoms with Crippen molar-refractivity contribution in [2.45, 2.75) is 26.9 Å². The number of nitrogens with zero attached hydrogens (tertiary/aromatic N) is 4. The smallest absolute Gasteiger partial charge is 0.344 e. The first kappa shape index (κ1) is 16.4. The molecule has 4 aromatic rings. The summed E-state index contributed by atoms with van der Waals surface area (Å²) in [6.45, 7) is 5.50. The predicted molar refractivity (Wildman–Crippen MR) is 96.5 cm³/mol. The van der Waals surface area contributed by atoms with Crippen molar-refractivity contribution in [2.24, 2.45) is 0 Å². The molecule has 0 aliphatic carbocycles. The first-order valence-corrected chi connectivity index (χ1v) is 8.76. The van der Waals surface area contributed by atoms with Gasteiger partial charge in [0, 0.05) is 17.3 Å². The van der Waals surface area contributed by atoms with Crippen LogP contribution in [0.15, 0.2) is 29.5 Å². The second-order valence-corrected chi connectivity index (χ2v) is 7.11. The molecule has 0 aliphatic rings. The third kappa shape index (κ3) is 2.57. The lowest BCUT2D eigenvalue weighted by Crippen LogP contribution is -2.17. The lowest BCUT2D eigenvalue weighted by molar-refractivity contribution is 0.0322. The fourth-order valence-corrected chi connectivity index (χ4v) is 3.75. The normalized spacial score (nSPS) is 12.6. The molecule has 26 heavy (non-hydrogen) atoms. The average Bonchev–Trinajstić information content (AvgIpc) is 3.16. The highest BCUT2D eigenvalue weighted by molar-refractivity contribution is 7.18. The second kappa shape index (κ2) is 6.03. The molecule has 132 valence electrons. The number of aryl methyl sites for hydroxylation is 2. The number of aromatic nitrogens is 5. The number of thiophene rings is 1. The Balaban J connectivity index is 1.66. The zero-order valence-electron chi connectivity index (χ0n) is 14.3. The lowest BCUT2D eigenvalue weighted by atomic mass is 10.2. The van der Waals surface area contributed by atoms with E-state index in [0.717, 1.165) is 10.4 Å². The highest BCUT2D eigenvalue weighted by atomic mass is 32.1. The van der Waals surface area contributed by atoms with Crippen molar-refractivity contribution in [1.82, 2.24) is 24.6 Å². The zero-order chi connectivity index (χ0) is 18.4. The van der Waals surface area contributed by atoms with E-state index in [2.05, 4.69) is 20.1 Å². The molecule has 0 saturated heterocycles. The fraction of sp³-hybridized carbons (Fsp3) is 0.235. The van der Waals surface area contributed by atoms with Gasteiger partial charge in [-0.2, -0.15) is 5.10 Å². The highest BCUT2D eigenvalue weighted by Gasteiger charge is 2.21. The van der Waals surface area contributed by atoms with Crippen molar-refractivity contribution in [1.29, 1.82) is 0 Å². The number of fused-ring (bicyclic) bond motifs is 2. The van der Waals surface area contributed by atoms with Crippen LogP contribution in [0.4, 0.5) is 0 Å². The van der Waals surface area contributed by atoms with Crippen molar-refractivity contribution in [3.63, 3.8) is 0 Å². The van der Waals surface area contributed by atoms with Gasteiger partial charge >= 0.3 is 5.97 Å². The molecule has 0 bridgehead atoms. The third-order valence-corrected chi connectivity index (χ3v) is 5.33. The van der Waals surface area contributed by atoms with Gasteiger partial charge in [-0.1, -0.05) is 0 Å².